The van der Waals surface area contributed by atoms with Crippen molar-refractivity contribution in [2.45, 2.75) is 84.5 Å². The molecule has 0 aromatic rings. The second kappa shape index (κ2) is 8.80. The SMILES string of the molecule is CCCC[C@H]1CC[C@H]([C@H]2CC[C@H](C(=O)OCC)CC2)CC1. The molecule has 122 valence electrons. The fraction of sp³-hybridized carbons (Fsp3) is 0.947. The van der Waals surface area contributed by atoms with Crippen LogP contribution < -0.4 is 0 Å². The molecule has 2 nitrogen and oxygen atoms in total. The molecule has 0 heterocycles. The van der Waals surface area contributed by atoms with E-state index in [4.69, 9.17) is 4.74 Å². The molecule has 2 fully saturated rings. The van der Waals surface area contributed by atoms with Crippen molar-refractivity contribution in [3.05, 3.63) is 0 Å². The number of rotatable bonds is 6. The molecule has 0 atom stereocenters. The Morgan fingerprint density at radius 3 is 2.00 bits per heavy atom. The molecule has 0 aliphatic heterocycles. The summed E-state index contributed by atoms with van der Waals surface area (Å²) in [6.07, 6.45) is 14.7. The van der Waals surface area contributed by atoms with Gasteiger partial charge < -0.3 is 4.74 Å². The van der Waals surface area contributed by atoms with Gasteiger partial charge in [0.15, 0.2) is 0 Å². The lowest BCUT2D eigenvalue weighted by Crippen LogP contribution is -2.29. The van der Waals surface area contributed by atoms with Crippen molar-refractivity contribution in [3.63, 3.8) is 0 Å². The highest BCUT2D eigenvalue weighted by molar-refractivity contribution is 5.72. The van der Waals surface area contributed by atoms with E-state index in [2.05, 4.69) is 6.92 Å². The Balaban J connectivity index is 1.68. The number of ether oxygens (including phenoxy) is 1. The fourth-order valence-electron chi connectivity index (χ4n) is 4.53. The first-order valence-electron chi connectivity index (χ1n) is 9.41. The van der Waals surface area contributed by atoms with Crippen LogP contribution in [0.15, 0.2) is 0 Å². The number of esters is 1. The Morgan fingerprint density at radius 2 is 1.48 bits per heavy atom. The Labute approximate surface area is 131 Å². The van der Waals surface area contributed by atoms with Crippen LogP contribution in [0, 0.1) is 23.7 Å². The summed E-state index contributed by atoms with van der Waals surface area (Å²) in [4.78, 5) is 11.8. The van der Waals surface area contributed by atoms with Crippen LogP contribution >= 0.6 is 0 Å². The smallest absolute Gasteiger partial charge is 0.308 e. The predicted molar refractivity (Wildman–Crippen MR) is 87.1 cm³/mol. The zero-order chi connectivity index (χ0) is 15.1. The van der Waals surface area contributed by atoms with Crippen LogP contribution in [0.25, 0.3) is 0 Å². The largest absolute Gasteiger partial charge is 0.466 e. The maximum Gasteiger partial charge on any atom is 0.308 e. The van der Waals surface area contributed by atoms with Gasteiger partial charge in [-0.15, -0.1) is 0 Å². The van der Waals surface area contributed by atoms with Gasteiger partial charge in [-0.2, -0.15) is 0 Å². The van der Waals surface area contributed by atoms with E-state index < -0.39 is 0 Å². The summed E-state index contributed by atoms with van der Waals surface area (Å²) in [7, 11) is 0. The van der Waals surface area contributed by atoms with E-state index in [9.17, 15) is 4.79 Å². The third kappa shape index (κ3) is 5.00. The minimum atomic E-state index is 0.0548. The average molecular weight is 294 g/mol. The molecule has 2 heteroatoms. The summed E-state index contributed by atoms with van der Waals surface area (Å²) in [5.74, 6) is 3.10. The third-order valence-electron chi connectivity index (χ3n) is 5.92. The average Bonchev–Trinajstić information content (AvgIpc) is 2.54. The molecule has 0 saturated heterocycles. The van der Waals surface area contributed by atoms with Gasteiger partial charge in [0.2, 0.25) is 0 Å². The molecule has 0 bridgehead atoms. The molecule has 0 aromatic carbocycles. The Morgan fingerprint density at radius 1 is 0.905 bits per heavy atom. The summed E-state index contributed by atoms with van der Waals surface area (Å²) in [5.41, 5.74) is 0. The van der Waals surface area contributed by atoms with Crippen LogP contribution in [-0.2, 0) is 9.53 Å². The molecular formula is C19H34O2. The number of carbonyl (C=O) groups excluding carboxylic acids is 1. The highest BCUT2D eigenvalue weighted by Crippen LogP contribution is 2.42. The highest BCUT2D eigenvalue weighted by atomic mass is 16.5. The van der Waals surface area contributed by atoms with Crippen LogP contribution in [0.3, 0.4) is 0 Å². The van der Waals surface area contributed by atoms with Gasteiger partial charge in [-0.1, -0.05) is 39.0 Å². The molecule has 2 aliphatic rings. The van der Waals surface area contributed by atoms with Gasteiger partial charge in [0.05, 0.1) is 12.5 Å². The minimum absolute atomic E-state index is 0.0548. The molecule has 0 N–H and O–H groups in total. The van der Waals surface area contributed by atoms with Gasteiger partial charge in [-0.3, -0.25) is 4.79 Å². The molecule has 0 unspecified atom stereocenters. The van der Waals surface area contributed by atoms with E-state index in [-0.39, 0.29) is 11.9 Å². The topological polar surface area (TPSA) is 26.3 Å². The molecule has 0 amide bonds. The summed E-state index contributed by atoms with van der Waals surface area (Å²) >= 11 is 0. The lowest BCUT2D eigenvalue weighted by atomic mass is 9.68. The molecule has 0 radical (unpaired) electrons. The Kier molecular flexibility index (Phi) is 7.06. The van der Waals surface area contributed by atoms with Crippen molar-refractivity contribution in [1.82, 2.24) is 0 Å². The van der Waals surface area contributed by atoms with Gasteiger partial charge in [-0.05, 0) is 63.2 Å². The Hall–Kier alpha value is -0.530. The number of hydrogen-bond acceptors (Lipinski definition) is 2. The summed E-state index contributed by atoms with van der Waals surface area (Å²) in [5, 5.41) is 0. The van der Waals surface area contributed by atoms with E-state index in [1.165, 1.54) is 57.8 Å². The zero-order valence-corrected chi connectivity index (χ0v) is 14.1. The van der Waals surface area contributed by atoms with Crippen molar-refractivity contribution in [2.75, 3.05) is 6.61 Å². The lowest BCUT2D eigenvalue weighted by Gasteiger charge is -2.37. The van der Waals surface area contributed by atoms with E-state index in [1.807, 2.05) is 6.92 Å². The number of carbonyl (C=O) groups is 1. The quantitative estimate of drug-likeness (QED) is 0.617. The first-order chi connectivity index (χ1) is 10.2. The highest BCUT2D eigenvalue weighted by Gasteiger charge is 2.33. The number of hydrogen-bond donors (Lipinski definition) is 0. The van der Waals surface area contributed by atoms with E-state index in [1.54, 1.807) is 0 Å². The van der Waals surface area contributed by atoms with Crippen LogP contribution in [0.2, 0.25) is 0 Å². The lowest BCUT2D eigenvalue weighted by molar-refractivity contribution is -0.149. The summed E-state index contributed by atoms with van der Waals surface area (Å²) in [6.45, 7) is 4.73. The van der Waals surface area contributed by atoms with Crippen molar-refractivity contribution < 1.29 is 9.53 Å². The van der Waals surface area contributed by atoms with Gasteiger partial charge in [0.25, 0.3) is 0 Å². The van der Waals surface area contributed by atoms with Crippen molar-refractivity contribution in [2.24, 2.45) is 23.7 Å². The Bertz CT molecular complexity index is 297. The maximum absolute atomic E-state index is 11.8. The first kappa shape index (κ1) is 16.8. The second-order valence-electron chi connectivity index (χ2n) is 7.29. The van der Waals surface area contributed by atoms with Crippen LogP contribution in [0.4, 0.5) is 0 Å². The van der Waals surface area contributed by atoms with Crippen molar-refractivity contribution >= 4 is 5.97 Å². The van der Waals surface area contributed by atoms with E-state index >= 15 is 0 Å². The van der Waals surface area contributed by atoms with Gasteiger partial charge in [-0.25, -0.2) is 0 Å². The number of unbranched alkanes of at least 4 members (excludes halogenated alkanes) is 1. The zero-order valence-electron chi connectivity index (χ0n) is 14.1. The molecule has 2 aliphatic carbocycles. The van der Waals surface area contributed by atoms with Crippen molar-refractivity contribution in [1.29, 1.82) is 0 Å². The van der Waals surface area contributed by atoms with Crippen LogP contribution in [0.5, 0.6) is 0 Å². The normalized spacial score (nSPS) is 33.6. The molecule has 2 saturated carbocycles. The predicted octanol–water partition coefficient (Wildman–Crippen LogP) is 5.35. The summed E-state index contributed by atoms with van der Waals surface area (Å²) in [6, 6.07) is 0. The van der Waals surface area contributed by atoms with Gasteiger partial charge in [0.1, 0.15) is 0 Å². The molecular weight excluding hydrogens is 260 g/mol. The monoisotopic (exact) mass is 294 g/mol. The molecule has 21 heavy (non-hydrogen) atoms. The van der Waals surface area contributed by atoms with E-state index in [0.29, 0.717) is 6.61 Å². The third-order valence-corrected chi connectivity index (χ3v) is 5.92. The van der Waals surface area contributed by atoms with Crippen molar-refractivity contribution in [3.8, 4) is 0 Å². The second-order valence-corrected chi connectivity index (χ2v) is 7.29. The molecule has 0 spiro atoms. The maximum atomic E-state index is 11.8. The first-order valence-corrected chi connectivity index (χ1v) is 9.41. The van der Waals surface area contributed by atoms with Gasteiger partial charge >= 0.3 is 5.97 Å². The molecule has 2 rings (SSSR count). The summed E-state index contributed by atoms with van der Waals surface area (Å²) < 4.78 is 5.17. The van der Waals surface area contributed by atoms with E-state index in [0.717, 1.165) is 30.6 Å². The minimum Gasteiger partial charge on any atom is -0.466 e. The van der Waals surface area contributed by atoms with Crippen LogP contribution in [0.1, 0.15) is 84.5 Å². The van der Waals surface area contributed by atoms with Crippen LogP contribution in [-0.4, -0.2) is 12.6 Å². The standard InChI is InChI=1S/C19H34O2/c1-3-5-6-15-7-9-16(10-8-15)17-11-13-18(14-12-17)19(20)21-4-2/h15-18H,3-14H2,1-2H3/t15-,16-,17-,18-. The fourth-order valence-corrected chi connectivity index (χ4v) is 4.53. The van der Waals surface area contributed by atoms with Gasteiger partial charge in [0, 0.05) is 0 Å². The molecule has 0 aromatic heterocycles.